The van der Waals surface area contributed by atoms with Crippen LogP contribution in [0.5, 0.6) is 0 Å². The number of amides is 1. The lowest BCUT2D eigenvalue weighted by molar-refractivity contribution is -0.137. The van der Waals surface area contributed by atoms with Gasteiger partial charge in [0.2, 0.25) is 5.91 Å². The van der Waals surface area contributed by atoms with E-state index in [-0.39, 0.29) is 12.3 Å². The van der Waals surface area contributed by atoms with Gasteiger partial charge in [0.25, 0.3) is 0 Å². The Bertz CT molecular complexity index is 739. The Morgan fingerprint density at radius 1 is 1.25 bits per heavy atom. The number of carbonyl (C=O) groups is 2. The largest absolute Gasteiger partial charge is 0.481 e. The monoisotopic (exact) mass is 329 g/mol. The van der Waals surface area contributed by atoms with E-state index in [1.165, 1.54) is 0 Å². The van der Waals surface area contributed by atoms with Crippen molar-refractivity contribution in [1.29, 1.82) is 0 Å². The van der Waals surface area contributed by atoms with E-state index in [9.17, 15) is 9.59 Å². The van der Waals surface area contributed by atoms with E-state index in [2.05, 4.69) is 20.8 Å². The summed E-state index contributed by atoms with van der Waals surface area (Å²) in [4.78, 5) is 22.4. The summed E-state index contributed by atoms with van der Waals surface area (Å²) < 4.78 is 1.83. The number of carbonyl (C=O) groups excluding carboxylic acids is 1. The minimum Gasteiger partial charge on any atom is -0.481 e. The van der Waals surface area contributed by atoms with Crippen molar-refractivity contribution in [3.8, 4) is 11.4 Å². The number of nitrogens with zero attached hydrogens (tertiary/aromatic N) is 4. The lowest BCUT2D eigenvalue weighted by Gasteiger charge is -2.07. The summed E-state index contributed by atoms with van der Waals surface area (Å²) in [5, 5.41) is 23.3. The molecule has 0 bridgehead atoms. The Morgan fingerprint density at radius 2 is 2.04 bits per heavy atom. The topological polar surface area (TPSA) is 110 Å². The Morgan fingerprint density at radius 3 is 2.79 bits per heavy atom. The third kappa shape index (κ3) is 4.15. The zero-order chi connectivity index (χ0) is 16.9. The van der Waals surface area contributed by atoms with Crippen LogP contribution in [0.1, 0.15) is 44.6 Å². The van der Waals surface area contributed by atoms with Crippen LogP contribution in [0.25, 0.3) is 11.4 Å². The summed E-state index contributed by atoms with van der Waals surface area (Å²) in [5.41, 5.74) is 1.54. The molecule has 8 heteroatoms. The van der Waals surface area contributed by atoms with Crippen LogP contribution >= 0.6 is 0 Å². The number of nitrogens with one attached hydrogen (secondary N) is 1. The van der Waals surface area contributed by atoms with Gasteiger partial charge in [-0.15, -0.1) is 5.10 Å². The zero-order valence-corrected chi connectivity index (χ0v) is 13.2. The Balaban J connectivity index is 1.60. The van der Waals surface area contributed by atoms with E-state index in [0.717, 1.165) is 18.4 Å². The second kappa shape index (κ2) is 7.20. The van der Waals surface area contributed by atoms with Crippen molar-refractivity contribution in [2.45, 2.75) is 44.6 Å². The van der Waals surface area contributed by atoms with E-state index in [4.69, 9.17) is 5.11 Å². The van der Waals surface area contributed by atoms with Crippen LogP contribution in [-0.4, -0.2) is 37.2 Å². The van der Waals surface area contributed by atoms with Gasteiger partial charge in [0.05, 0.1) is 6.04 Å². The van der Waals surface area contributed by atoms with Crippen LogP contribution < -0.4 is 5.32 Å². The zero-order valence-electron chi connectivity index (χ0n) is 13.2. The Labute approximate surface area is 138 Å². The third-order valence-electron chi connectivity index (χ3n) is 3.83. The molecule has 0 radical (unpaired) electrons. The fourth-order valence-electron chi connectivity index (χ4n) is 2.47. The van der Waals surface area contributed by atoms with Gasteiger partial charge in [0.1, 0.15) is 0 Å². The summed E-state index contributed by atoms with van der Waals surface area (Å²) >= 11 is 0. The van der Waals surface area contributed by atoms with Gasteiger partial charge < -0.3 is 10.4 Å². The van der Waals surface area contributed by atoms with Crippen molar-refractivity contribution >= 4 is 17.6 Å². The fourth-order valence-corrected chi connectivity index (χ4v) is 2.47. The van der Waals surface area contributed by atoms with E-state index in [1.54, 1.807) is 0 Å². The second-order valence-corrected chi connectivity index (χ2v) is 5.91. The molecule has 1 aromatic heterocycles. The number of anilines is 1. The van der Waals surface area contributed by atoms with Gasteiger partial charge in [-0.1, -0.05) is 12.1 Å². The van der Waals surface area contributed by atoms with Gasteiger partial charge in [-0.05, 0) is 48.2 Å². The highest BCUT2D eigenvalue weighted by Crippen LogP contribution is 2.36. The molecule has 0 aliphatic heterocycles. The minimum absolute atomic E-state index is 0.0899. The molecule has 1 aliphatic carbocycles. The number of hydrogen-bond acceptors (Lipinski definition) is 5. The number of aromatic nitrogens is 4. The molecule has 2 aromatic rings. The van der Waals surface area contributed by atoms with Crippen molar-refractivity contribution < 1.29 is 14.7 Å². The van der Waals surface area contributed by atoms with Crippen LogP contribution in [0.15, 0.2) is 24.3 Å². The molecule has 0 unspecified atom stereocenters. The van der Waals surface area contributed by atoms with Gasteiger partial charge in [0, 0.05) is 24.1 Å². The average Bonchev–Trinajstić information content (AvgIpc) is 3.28. The maximum absolute atomic E-state index is 11.9. The SMILES string of the molecule is O=C(O)CCCCC(=O)Nc1cccc(-c2nnnn2C2CC2)c1. The lowest BCUT2D eigenvalue weighted by Crippen LogP contribution is -2.11. The third-order valence-corrected chi connectivity index (χ3v) is 3.83. The summed E-state index contributed by atoms with van der Waals surface area (Å²) in [6.07, 6.45) is 3.62. The maximum Gasteiger partial charge on any atom is 0.303 e. The molecular weight excluding hydrogens is 310 g/mol. The number of carboxylic acid groups (broad SMARTS) is 1. The first-order valence-electron chi connectivity index (χ1n) is 8.03. The number of hydrogen-bond donors (Lipinski definition) is 2. The van der Waals surface area contributed by atoms with Crippen LogP contribution in [0.4, 0.5) is 5.69 Å². The van der Waals surface area contributed by atoms with Gasteiger partial charge in [0.15, 0.2) is 5.82 Å². The molecule has 1 amide bonds. The number of benzene rings is 1. The smallest absolute Gasteiger partial charge is 0.303 e. The normalized spacial score (nSPS) is 13.7. The highest BCUT2D eigenvalue weighted by Gasteiger charge is 2.28. The number of aliphatic carboxylic acids is 1. The number of tetrazole rings is 1. The number of rotatable bonds is 8. The van der Waals surface area contributed by atoms with E-state index >= 15 is 0 Å². The van der Waals surface area contributed by atoms with Crippen LogP contribution in [-0.2, 0) is 9.59 Å². The molecule has 2 N–H and O–H groups in total. The van der Waals surface area contributed by atoms with Gasteiger partial charge >= 0.3 is 5.97 Å². The van der Waals surface area contributed by atoms with Gasteiger partial charge in [-0.2, -0.15) is 0 Å². The molecule has 1 heterocycles. The van der Waals surface area contributed by atoms with Gasteiger partial charge in [-0.3, -0.25) is 9.59 Å². The molecule has 1 aromatic carbocycles. The number of carboxylic acids is 1. The first-order valence-corrected chi connectivity index (χ1v) is 8.03. The number of unbranched alkanes of at least 4 members (excludes halogenated alkanes) is 1. The summed E-state index contributed by atoms with van der Waals surface area (Å²) in [6.45, 7) is 0. The molecule has 3 rings (SSSR count). The highest BCUT2D eigenvalue weighted by molar-refractivity contribution is 5.91. The van der Waals surface area contributed by atoms with Crippen molar-refractivity contribution in [2.75, 3.05) is 5.32 Å². The molecule has 0 spiro atoms. The minimum atomic E-state index is -0.837. The molecule has 0 atom stereocenters. The predicted octanol–water partition coefficient (Wildman–Crippen LogP) is 2.26. The molecule has 1 fully saturated rings. The maximum atomic E-state index is 11.9. The van der Waals surface area contributed by atoms with Crippen molar-refractivity contribution in [3.05, 3.63) is 24.3 Å². The standard InChI is InChI=1S/C16H19N5O3/c22-14(6-1-2-7-15(23)24)17-12-5-3-4-11(10-12)16-18-19-20-21(16)13-8-9-13/h3-5,10,13H,1-2,6-9H2,(H,17,22)(H,23,24). The summed E-state index contributed by atoms with van der Waals surface area (Å²) in [5.74, 6) is -0.258. The molecule has 24 heavy (non-hydrogen) atoms. The Kier molecular flexibility index (Phi) is 4.83. The predicted molar refractivity (Wildman–Crippen MR) is 86.3 cm³/mol. The molecule has 126 valence electrons. The van der Waals surface area contributed by atoms with Crippen molar-refractivity contribution in [1.82, 2.24) is 20.2 Å². The highest BCUT2D eigenvalue weighted by atomic mass is 16.4. The van der Waals surface area contributed by atoms with Crippen LogP contribution in [0.3, 0.4) is 0 Å². The second-order valence-electron chi connectivity index (χ2n) is 5.91. The Hall–Kier alpha value is -2.77. The molecule has 1 saturated carbocycles. The van der Waals surface area contributed by atoms with E-state index < -0.39 is 5.97 Å². The summed E-state index contributed by atoms with van der Waals surface area (Å²) in [7, 11) is 0. The quantitative estimate of drug-likeness (QED) is 0.719. The summed E-state index contributed by atoms with van der Waals surface area (Å²) in [6, 6.07) is 7.79. The molecule has 0 saturated heterocycles. The molecule has 1 aliphatic rings. The van der Waals surface area contributed by atoms with Crippen molar-refractivity contribution in [3.63, 3.8) is 0 Å². The lowest BCUT2D eigenvalue weighted by atomic mass is 10.1. The van der Waals surface area contributed by atoms with E-state index in [1.807, 2.05) is 28.9 Å². The molecular formula is C16H19N5O3. The van der Waals surface area contributed by atoms with Crippen LogP contribution in [0, 0.1) is 0 Å². The van der Waals surface area contributed by atoms with E-state index in [0.29, 0.717) is 36.8 Å². The van der Waals surface area contributed by atoms with Gasteiger partial charge in [-0.25, -0.2) is 4.68 Å². The van der Waals surface area contributed by atoms with Crippen LogP contribution in [0.2, 0.25) is 0 Å². The van der Waals surface area contributed by atoms with Crippen molar-refractivity contribution in [2.24, 2.45) is 0 Å². The first kappa shape index (κ1) is 16.1. The average molecular weight is 329 g/mol. The first-order chi connectivity index (χ1) is 11.6. The fraction of sp³-hybridized carbons (Fsp3) is 0.438. The molecule has 8 nitrogen and oxygen atoms in total.